The summed E-state index contributed by atoms with van der Waals surface area (Å²) in [5.41, 5.74) is 3.31. The summed E-state index contributed by atoms with van der Waals surface area (Å²) in [6.45, 7) is 9.82. The van der Waals surface area contributed by atoms with E-state index < -0.39 is 0 Å². The molecule has 5 nitrogen and oxygen atoms in total. The Balaban J connectivity index is 1.87. The van der Waals surface area contributed by atoms with E-state index in [1.165, 1.54) is 5.56 Å². The van der Waals surface area contributed by atoms with Crippen molar-refractivity contribution in [3.63, 3.8) is 0 Å². The van der Waals surface area contributed by atoms with Crippen LogP contribution in [0.1, 0.15) is 35.5 Å². The average Bonchev–Trinajstić information content (AvgIpc) is 2.86. The third-order valence-electron chi connectivity index (χ3n) is 3.08. The largest absolute Gasteiger partial charge is 0.361 e. The van der Waals surface area contributed by atoms with E-state index in [9.17, 15) is 0 Å². The smallest absolute Gasteiger partial charge is 0.138 e. The maximum absolute atomic E-state index is 5.18. The number of aromatic nitrogens is 3. The van der Waals surface area contributed by atoms with Crippen LogP contribution in [0.2, 0.25) is 0 Å². The first-order chi connectivity index (χ1) is 8.58. The molecule has 0 spiro atoms. The molecule has 18 heavy (non-hydrogen) atoms. The topological polar surface area (TPSA) is 55.9 Å². The highest BCUT2D eigenvalue weighted by Gasteiger charge is 2.15. The van der Waals surface area contributed by atoms with E-state index in [4.69, 9.17) is 4.52 Å². The van der Waals surface area contributed by atoms with Gasteiger partial charge in [-0.2, -0.15) is 5.10 Å². The third-order valence-corrected chi connectivity index (χ3v) is 3.08. The molecule has 5 heteroatoms. The van der Waals surface area contributed by atoms with Crippen LogP contribution < -0.4 is 5.32 Å². The molecule has 0 radical (unpaired) electrons. The van der Waals surface area contributed by atoms with Crippen LogP contribution in [0.25, 0.3) is 0 Å². The highest BCUT2D eigenvalue weighted by molar-refractivity contribution is 5.24. The van der Waals surface area contributed by atoms with Crippen molar-refractivity contribution in [1.29, 1.82) is 0 Å². The molecule has 0 amide bonds. The fraction of sp³-hybridized carbons (Fsp3) is 0.538. The number of nitrogens with one attached hydrogen (secondary N) is 1. The molecule has 0 aromatic carbocycles. The van der Waals surface area contributed by atoms with Gasteiger partial charge < -0.3 is 9.84 Å². The lowest BCUT2D eigenvalue weighted by Crippen LogP contribution is -2.24. The van der Waals surface area contributed by atoms with Crippen molar-refractivity contribution in [2.75, 3.05) is 6.54 Å². The standard InChI is InChI=1S/C13H20N4O/c1-9-7-15-17(8-9)6-5-14-10(2)13-11(3)16-18-12(13)4/h7-8,10,14H,5-6H2,1-4H3. The van der Waals surface area contributed by atoms with E-state index >= 15 is 0 Å². The summed E-state index contributed by atoms with van der Waals surface area (Å²) >= 11 is 0. The van der Waals surface area contributed by atoms with Crippen molar-refractivity contribution in [3.05, 3.63) is 35.0 Å². The lowest BCUT2D eigenvalue weighted by molar-refractivity contribution is 0.390. The van der Waals surface area contributed by atoms with Gasteiger partial charge in [-0.05, 0) is 33.3 Å². The predicted molar refractivity (Wildman–Crippen MR) is 69.4 cm³/mol. The van der Waals surface area contributed by atoms with Crippen LogP contribution in [0.5, 0.6) is 0 Å². The Bertz CT molecular complexity index is 495. The van der Waals surface area contributed by atoms with Gasteiger partial charge in [0.25, 0.3) is 0 Å². The van der Waals surface area contributed by atoms with Crippen LogP contribution in [0, 0.1) is 20.8 Å². The summed E-state index contributed by atoms with van der Waals surface area (Å²) in [7, 11) is 0. The summed E-state index contributed by atoms with van der Waals surface area (Å²) in [4.78, 5) is 0. The van der Waals surface area contributed by atoms with E-state index in [0.717, 1.165) is 30.1 Å². The highest BCUT2D eigenvalue weighted by Crippen LogP contribution is 2.20. The molecular weight excluding hydrogens is 228 g/mol. The van der Waals surface area contributed by atoms with Crippen LogP contribution >= 0.6 is 0 Å². The van der Waals surface area contributed by atoms with E-state index in [0.29, 0.717) is 0 Å². The highest BCUT2D eigenvalue weighted by atomic mass is 16.5. The lowest BCUT2D eigenvalue weighted by Gasteiger charge is -2.13. The Morgan fingerprint density at radius 1 is 1.39 bits per heavy atom. The molecule has 2 aromatic heterocycles. The van der Waals surface area contributed by atoms with Gasteiger partial charge in [0.1, 0.15) is 5.76 Å². The Kier molecular flexibility index (Phi) is 3.81. The van der Waals surface area contributed by atoms with Crippen molar-refractivity contribution in [2.45, 2.75) is 40.3 Å². The van der Waals surface area contributed by atoms with E-state index in [1.807, 2.05) is 37.8 Å². The van der Waals surface area contributed by atoms with Gasteiger partial charge in [-0.15, -0.1) is 0 Å². The summed E-state index contributed by atoms with van der Waals surface area (Å²) in [6.07, 6.45) is 3.92. The summed E-state index contributed by atoms with van der Waals surface area (Å²) in [5.74, 6) is 0.891. The van der Waals surface area contributed by atoms with Crippen LogP contribution in [-0.2, 0) is 6.54 Å². The molecule has 1 atom stereocenters. The first-order valence-electron chi connectivity index (χ1n) is 6.23. The van der Waals surface area contributed by atoms with E-state index in [-0.39, 0.29) is 6.04 Å². The molecule has 0 fully saturated rings. The minimum atomic E-state index is 0.243. The molecule has 2 heterocycles. The maximum atomic E-state index is 5.18. The Labute approximate surface area is 107 Å². The zero-order valence-electron chi connectivity index (χ0n) is 11.4. The molecule has 2 aromatic rings. The van der Waals surface area contributed by atoms with Crippen LogP contribution in [0.4, 0.5) is 0 Å². The van der Waals surface area contributed by atoms with E-state index in [2.05, 4.69) is 22.5 Å². The van der Waals surface area contributed by atoms with E-state index in [1.54, 1.807) is 0 Å². The maximum Gasteiger partial charge on any atom is 0.138 e. The molecule has 0 aliphatic heterocycles. The number of rotatable bonds is 5. The molecule has 0 aliphatic carbocycles. The Morgan fingerprint density at radius 3 is 2.72 bits per heavy atom. The zero-order chi connectivity index (χ0) is 13.1. The second kappa shape index (κ2) is 5.35. The van der Waals surface area contributed by atoms with Crippen LogP contribution in [0.15, 0.2) is 16.9 Å². The van der Waals surface area contributed by atoms with Gasteiger partial charge in [0.15, 0.2) is 0 Å². The lowest BCUT2D eigenvalue weighted by atomic mass is 10.1. The SMILES string of the molecule is Cc1cnn(CCNC(C)c2c(C)noc2C)c1. The third kappa shape index (κ3) is 2.79. The Morgan fingerprint density at radius 2 is 2.17 bits per heavy atom. The van der Waals surface area contributed by atoms with Gasteiger partial charge in [0.2, 0.25) is 0 Å². The van der Waals surface area contributed by atoms with Crippen molar-refractivity contribution < 1.29 is 4.52 Å². The number of hydrogen-bond donors (Lipinski definition) is 1. The van der Waals surface area contributed by atoms with Gasteiger partial charge in [0, 0.05) is 24.3 Å². The first kappa shape index (κ1) is 12.8. The summed E-state index contributed by atoms with van der Waals surface area (Å²) in [5, 5.41) is 11.7. The fourth-order valence-corrected chi connectivity index (χ4v) is 2.20. The van der Waals surface area contributed by atoms with Crippen molar-refractivity contribution in [2.24, 2.45) is 0 Å². The second-order valence-electron chi connectivity index (χ2n) is 4.69. The zero-order valence-corrected chi connectivity index (χ0v) is 11.4. The normalized spacial score (nSPS) is 12.9. The quantitative estimate of drug-likeness (QED) is 0.881. The van der Waals surface area contributed by atoms with Gasteiger partial charge in [-0.25, -0.2) is 0 Å². The number of hydrogen-bond acceptors (Lipinski definition) is 4. The first-order valence-corrected chi connectivity index (χ1v) is 6.23. The summed E-state index contributed by atoms with van der Waals surface area (Å²) in [6, 6.07) is 0.243. The second-order valence-corrected chi connectivity index (χ2v) is 4.69. The monoisotopic (exact) mass is 248 g/mol. The molecule has 0 bridgehead atoms. The van der Waals surface area contributed by atoms with Gasteiger partial charge in [-0.1, -0.05) is 5.16 Å². The predicted octanol–water partition coefficient (Wildman–Crippen LogP) is 2.15. The molecule has 0 aliphatic rings. The molecule has 2 rings (SSSR count). The average molecular weight is 248 g/mol. The molecular formula is C13H20N4O. The van der Waals surface area contributed by atoms with Crippen LogP contribution in [0.3, 0.4) is 0 Å². The minimum absolute atomic E-state index is 0.243. The Hall–Kier alpha value is -1.62. The fourth-order valence-electron chi connectivity index (χ4n) is 2.20. The molecule has 0 saturated carbocycles. The summed E-state index contributed by atoms with van der Waals surface area (Å²) < 4.78 is 7.12. The number of aryl methyl sites for hydroxylation is 3. The van der Waals surface area contributed by atoms with Gasteiger partial charge in [0.05, 0.1) is 18.4 Å². The van der Waals surface area contributed by atoms with Gasteiger partial charge >= 0.3 is 0 Å². The molecule has 1 N–H and O–H groups in total. The van der Waals surface area contributed by atoms with Crippen molar-refractivity contribution >= 4 is 0 Å². The molecule has 98 valence electrons. The molecule has 1 unspecified atom stereocenters. The van der Waals surface area contributed by atoms with Crippen LogP contribution in [-0.4, -0.2) is 21.5 Å². The van der Waals surface area contributed by atoms with Crippen molar-refractivity contribution in [1.82, 2.24) is 20.3 Å². The number of nitrogens with zero attached hydrogens (tertiary/aromatic N) is 3. The van der Waals surface area contributed by atoms with Gasteiger partial charge in [-0.3, -0.25) is 4.68 Å². The minimum Gasteiger partial charge on any atom is -0.361 e. The molecule has 0 saturated heterocycles. The van der Waals surface area contributed by atoms with Crippen molar-refractivity contribution in [3.8, 4) is 0 Å².